The number of nitrogens with one attached hydrogen (secondary N) is 1. The maximum Gasteiger partial charge on any atom is 0.235 e. The number of nitrogens with zero attached hydrogens (tertiary/aromatic N) is 1. The topological polar surface area (TPSA) is 79.6 Å². The van der Waals surface area contributed by atoms with Crippen LogP contribution in [0.1, 0.15) is 63.0 Å². The molecule has 1 saturated carbocycles. The molecule has 0 aromatic rings. The maximum absolute atomic E-state index is 11.9. The molecule has 4 aliphatic rings. The van der Waals surface area contributed by atoms with Crippen LogP contribution < -0.4 is 5.32 Å². The third kappa shape index (κ3) is 5.89. The Morgan fingerprint density at radius 1 is 1.13 bits per heavy atom. The predicted octanol–water partition coefficient (Wildman–Crippen LogP) is 4.02. The van der Waals surface area contributed by atoms with Gasteiger partial charge in [0.2, 0.25) is 5.91 Å². The Hall–Kier alpha value is -1.86. The molecule has 7 heteroatoms. The second-order valence-electron chi connectivity index (χ2n) is 9.37. The Labute approximate surface area is 185 Å². The fourth-order valence-corrected chi connectivity index (χ4v) is 5.93. The molecule has 1 unspecified atom stereocenters. The number of hydrogen-bond donors (Lipinski definition) is 1. The van der Waals surface area contributed by atoms with E-state index in [4.69, 9.17) is 4.42 Å². The van der Waals surface area contributed by atoms with E-state index < -0.39 is 15.6 Å². The molecule has 0 aromatic carbocycles. The quantitative estimate of drug-likeness (QED) is 0.695. The molecule has 2 aliphatic heterocycles. The average molecular weight is 447 g/mol. The first-order valence-corrected chi connectivity index (χ1v) is 13.6. The largest absolute Gasteiger partial charge is 0.464 e. The zero-order valence-electron chi connectivity index (χ0n) is 18.4. The van der Waals surface area contributed by atoms with Crippen LogP contribution in [0.25, 0.3) is 11.3 Å². The van der Waals surface area contributed by atoms with E-state index in [2.05, 4.69) is 28.4 Å². The van der Waals surface area contributed by atoms with Crippen LogP contribution in [0.15, 0.2) is 34.9 Å². The molecule has 0 aromatic heterocycles. The highest BCUT2D eigenvalue weighted by Crippen LogP contribution is 2.39. The van der Waals surface area contributed by atoms with E-state index in [1.54, 1.807) is 0 Å². The van der Waals surface area contributed by atoms with Crippen LogP contribution in [0.5, 0.6) is 0 Å². The average Bonchev–Trinajstić information content (AvgIpc) is 3.21. The Morgan fingerprint density at radius 2 is 1.94 bits per heavy atom. The Kier molecular flexibility index (Phi) is 7.02. The van der Waals surface area contributed by atoms with Gasteiger partial charge < -0.3 is 9.73 Å². The van der Waals surface area contributed by atoms with Crippen LogP contribution >= 0.6 is 0 Å². The van der Waals surface area contributed by atoms with Crippen molar-refractivity contribution >= 4 is 15.7 Å². The molecule has 0 spiro atoms. The van der Waals surface area contributed by atoms with Gasteiger partial charge >= 0.3 is 0 Å². The van der Waals surface area contributed by atoms with Gasteiger partial charge in [-0.2, -0.15) is 0 Å². The number of sulfone groups is 1. The molecule has 1 amide bonds. The SMILES string of the molecule is CS(=O)(=O)CC(=O)N[C@H]1CC[C@H](CCN2CCCCC2c2ccoc3cccc2-3)CC1. The van der Waals surface area contributed by atoms with Crippen molar-refractivity contribution in [3.63, 3.8) is 0 Å². The van der Waals surface area contributed by atoms with Gasteiger partial charge in [0.05, 0.1) is 6.26 Å². The molecule has 2 heterocycles. The molecule has 2 aliphatic carbocycles. The molecular weight excluding hydrogens is 412 g/mol. The van der Waals surface area contributed by atoms with Gasteiger partial charge in [-0.1, -0.05) is 18.6 Å². The lowest BCUT2D eigenvalue weighted by Gasteiger charge is -2.38. The van der Waals surface area contributed by atoms with Crippen LogP contribution in [0, 0.1) is 5.92 Å². The molecule has 0 radical (unpaired) electrons. The minimum Gasteiger partial charge on any atom is -0.464 e. The number of likely N-dealkylation sites (tertiary alicyclic amines) is 1. The molecule has 170 valence electrons. The van der Waals surface area contributed by atoms with Crippen molar-refractivity contribution in [1.82, 2.24) is 10.2 Å². The molecule has 31 heavy (non-hydrogen) atoms. The van der Waals surface area contributed by atoms with Crippen molar-refractivity contribution in [3.8, 4) is 11.3 Å². The predicted molar refractivity (Wildman–Crippen MR) is 122 cm³/mol. The smallest absolute Gasteiger partial charge is 0.235 e. The second kappa shape index (κ2) is 9.74. The van der Waals surface area contributed by atoms with Crippen molar-refractivity contribution in [2.24, 2.45) is 5.92 Å². The normalized spacial score (nSPS) is 25.5. The summed E-state index contributed by atoms with van der Waals surface area (Å²) in [7, 11) is -3.27. The first kappa shape index (κ1) is 22.3. The fourth-order valence-electron chi connectivity index (χ4n) is 5.37. The van der Waals surface area contributed by atoms with E-state index in [0.717, 1.165) is 50.8 Å². The standard InChI is InChI=1S/C24H34N2O4S/c1-31(28,29)17-24(27)25-19-10-8-18(9-11-19)12-15-26-14-3-2-6-22(26)20-13-16-30-23-7-4-5-21(20)23/h4-5,7,13,16,18-19,22H,2-3,6,8-12,14-15,17H2,1H3,(H,25,27)/t18-,19-,22?. The van der Waals surface area contributed by atoms with Gasteiger partial charge in [-0.05, 0) is 81.6 Å². The summed E-state index contributed by atoms with van der Waals surface area (Å²) in [4.78, 5) is 14.5. The third-order valence-electron chi connectivity index (χ3n) is 6.93. The summed E-state index contributed by atoms with van der Waals surface area (Å²) in [5.74, 6) is 0.873. The Morgan fingerprint density at radius 3 is 2.71 bits per heavy atom. The number of fused-ring (bicyclic) bond motifs is 1. The second-order valence-corrected chi connectivity index (χ2v) is 11.5. The highest BCUT2D eigenvalue weighted by molar-refractivity contribution is 7.91. The van der Waals surface area contributed by atoms with Gasteiger partial charge in [-0.3, -0.25) is 9.69 Å². The highest BCUT2D eigenvalue weighted by Gasteiger charge is 2.29. The van der Waals surface area contributed by atoms with Crippen molar-refractivity contribution in [1.29, 1.82) is 0 Å². The zero-order valence-corrected chi connectivity index (χ0v) is 19.2. The molecule has 6 nitrogen and oxygen atoms in total. The van der Waals surface area contributed by atoms with E-state index in [-0.39, 0.29) is 11.9 Å². The zero-order chi connectivity index (χ0) is 21.8. The van der Waals surface area contributed by atoms with Gasteiger partial charge in [0.1, 0.15) is 11.5 Å². The van der Waals surface area contributed by atoms with Gasteiger partial charge in [0, 0.05) is 23.9 Å². The summed E-state index contributed by atoms with van der Waals surface area (Å²) in [5.41, 5.74) is 2.63. The van der Waals surface area contributed by atoms with Crippen LogP contribution in [0.3, 0.4) is 0 Å². The van der Waals surface area contributed by atoms with Crippen LogP contribution in [-0.4, -0.2) is 50.4 Å². The summed E-state index contributed by atoms with van der Waals surface area (Å²) >= 11 is 0. The minimum atomic E-state index is -3.27. The number of amides is 1. The lowest BCUT2D eigenvalue weighted by Crippen LogP contribution is -2.41. The Bertz CT molecular complexity index is 946. The van der Waals surface area contributed by atoms with E-state index in [0.29, 0.717) is 12.0 Å². The van der Waals surface area contributed by atoms with Crippen LogP contribution in [-0.2, 0) is 14.6 Å². The highest BCUT2D eigenvalue weighted by atomic mass is 32.2. The summed E-state index contributed by atoms with van der Waals surface area (Å²) in [6, 6.07) is 9.00. The number of rotatable bonds is 7. The van der Waals surface area contributed by atoms with Gasteiger partial charge in [0.15, 0.2) is 9.84 Å². The molecule has 1 N–H and O–H groups in total. The van der Waals surface area contributed by atoms with Crippen molar-refractivity contribution in [3.05, 3.63) is 36.1 Å². The van der Waals surface area contributed by atoms with E-state index >= 15 is 0 Å². The number of carbonyl (C=O) groups excluding carboxylic acids is 1. The van der Waals surface area contributed by atoms with Crippen LogP contribution in [0.2, 0.25) is 0 Å². The van der Waals surface area contributed by atoms with Crippen molar-refractivity contribution in [2.45, 2.75) is 63.5 Å². The summed E-state index contributed by atoms with van der Waals surface area (Å²) < 4.78 is 28.2. The van der Waals surface area contributed by atoms with Crippen molar-refractivity contribution in [2.75, 3.05) is 25.1 Å². The van der Waals surface area contributed by atoms with Gasteiger partial charge in [-0.25, -0.2) is 8.42 Å². The van der Waals surface area contributed by atoms with Crippen molar-refractivity contribution < 1.29 is 17.6 Å². The maximum atomic E-state index is 11.9. The van der Waals surface area contributed by atoms with E-state index in [9.17, 15) is 13.2 Å². The molecule has 1 saturated heterocycles. The Balaban J connectivity index is 1.28. The lowest BCUT2D eigenvalue weighted by atomic mass is 9.83. The summed E-state index contributed by atoms with van der Waals surface area (Å²) in [6.07, 6.45) is 11.9. The molecule has 0 bridgehead atoms. The molecule has 4 rings (SSSR count). The third-order valence-corrected chi connectivity index (χ3v) is 7.72. The van der Waals surface area contributed by atoms with E-state index in [1.807, 2.05) is 12.3 Å². The molecular formula is C24H34N2O4S. The first-order valence-electron chi connectivity index (χ1n) is 11.6. The van der Waals surface area contributed by atoms with Crippen LogP contribution in [0.4, 0.5) is 0 Å². The van der Waals surface area contributed by atoms with Gasteiger partial charge in [0.25, 0.3) is 0 Å². The fraction of sp³-hybridized carbons (Fsp3) is 0.625. The minimum absolute atomic E-state index is 0.118. The summed E-state index contributed by atoms with van der Waals surface area (Å²) in [6.45, 7) is 2.25. The summed E-state index contributed by atoms with van der Waals surface area (Å²) in [5, 5.41) is 2.91. The van der Waals surface area contributed by atoms with Gasteiger partial charge in [-0.15, -0.1) is 0 Å². The first-order chi connectivity index (χ1) is 14.9. The van der Waals surface area contributed by atoms with E-state index in [1.165, 1.54) is 36.8 Å². The monoisotopic (exact) mass is 446 g/mol. The number of carbonyl (C=O) groups is 1. The molecule has 2 fully saturated rings. The molecule has 1 atom stereocenters. The number of hydrogen-bond acceptors (Lipinski definition) is 5. The lowest BCUT2D eigenvalue weighted by molar-refractivity contribution is -0.119. The number of piperidine rings is 1.